The van der Waals surface area contributed by atoms with Crippen LogP contribution < -0.4 is 5.32 Å². The van der Waals surface area contributed by atoms with E-state index in [-0.39, 0.29) is 11.9 Å². The van der Waals surface area contributed by atoms with Crippen LogP contribution in [-0.4, -0.2) is 21.5 Å². The molecule has 1 aromatic rings. The van der Waals surface area contributed by atoms with Gasteiger partial charge in [0.05, 0.1) is 12.4 Å². The predicted molar refractivity (Wildman–Crippen MR) is 57.3 cm³/mol. The quantitative estimate of drug-likeness (QED) is 0.799. The summed E-state index contributed by atoms with van der Waals surface area (Å²) in [5.74, 6) is 0.0621. The van der Waals surface area contributed by atoms with Gasteiger partial charge in [-0.1, -0.05) is 12.8 Å². The molecule has 0 radical (unpaired) electrons. The van der Waals surface area contributed by atoms with Crippen LogP contribution in [0.1, 0.15) is 38.6 Å². The molecule has 1 heterocycles. The molecule has 0 aromatic carbocycles. The number of rotatable bonds is 2. The van der Waals surface area contributed by atoms with Gasteiger partial charge in [0.15, 0.2) is 0 Å². The fourth-order valence-electron chi connectivity index (χ4n) is 2.36. The lowest BCUT2D eigenvalue weighted by molar-refractivity contribution is -0.120. The van der Waals surface area contributed by atoms with Crippen LogP contribution in [0.25, 0.3) is 0 Å². The van der Waals surface area contributed by atoms with Crippen molar-refractivity contribution in [1.29, 1.82) is 0 Å². The first kappa shape index (κ1) is 10.2. The SMILES string of the molecule is CC(=O)N[C@@H]1CCCC[C@H]1n1ccnc1. The van der Waals surface area contributed by atoms with E-state index in [9.17, 15) is 4.79 Å². The molecule has 1 saturated carbocycles. The largest absolute Gasteiger partial charge is 0.352 e. The van der Waals surface area contributed by atoms with Crippen LogP contribution >= 0.6 is 0 Å². The molecule has 1 N–H and O–H groups in total. The summed E-state index contributed by atoms with van der Waals surface area (Å²) in [7, 11) is 0. The number of imidazole rings is 1. The summed E-state index contributed by atoms with van der Waals surface area (Å²) >= 11 is 0. The summed E-state index contributed by atoms with van der Waals surface area (Å²) < 4.78 is 2.11. The highest BCUT2D eigenvalue weighted by atomic mass is 16.1. The zero-order valence-corrected chi connectivity index (χ0v) is 9.02. The van der Waals surface area contributed by atoms with Crippen molar-refractivity contribution >= 4 is 5.91 Å². The van der Waals surface area contributed by atoms with Crippen molar-refractivity contribution in [3.05, 3.63) is 18.7 Å². The smallest absolute Gasteiger partial charge is 0.217 e. The predicted octanol–water partition coefficient (Wildman–Crippen LogP) is 1.50. The van der Waals surface area contributed by atoms with E-state index in [2.05, 4.69) is 14.9 Å². The van der Waals surface area contributed by atoms with Crippen molar-refractivity contribution < 1.29 is 4.79 Å². The average Bonchev–Trinajstić information content (AvgIpc) is 2.70. The summed E-state index contributed by atoms with van der Waals surface area (Å²) in [6.07, 6.45) is 10.2. The molecule has 82 valence electrons. The highest BCUT2D eigenvalue weighted by Crippen LogP contribution is 2.28. The Bertz CT molecular complexity index is 321. The number of hydrogen-bond donors (Lipinski definition) is 1. The Hall–Kier alpha value is -1.32. The lowest BCUT2D eigenvalue weighted by Crippen LogP contribution is -2.41. The maximum absolute atomic E-state index is 11.1. The molecule has 0 aliphatic heterocycles. The van der Waals surface area contributed by atoms with Crippen molar-refractivity contribution in [3.8, 4) is 0 Å². The Morgan fingerprint density at radius 3 is 2.93 bits per heavy atom. The summed E-state index contributed by atoms with van der Waals surface area (Å²) in [4.78, 5) is 15.2. The van der Waals surface area contributed by atoms with Crippen molar-refractivity contribution in [3.63, 3.8) is 0 Å². The van der Waals surface area contributed by atoms with Gasteiger partial charge in [-0.25, -0.2) is 4.98 Å². The van der Waals surface area contributed by atoms with E-state index in [4.69, 9.17) is 0 Å². The van der Waals surface area contributed by atoms with Crippen molar-refractivity contribution in [2.75, 3.05) is 0 Å². The Balaban J connectivity index is 2.09. The van der Waals surface area contributed by atoms with E-state index in [0.717, 1.165) is 12.8 Å². The van der Waals surface area contributed by atoms with Crippen molar-refractivity contribution in [2.24, 2.45) is 0 Å². The maximum atomic E-state index is 11.1. The highest BCUT2D eigenvalue weighted by molar-refractivity contribution is 5.73. The highest BCUT2D eigenvalue weighted by Gasteiger charge is 2.26. The van der Waals surface area contributed by atoms with Crippen LogP contribution in [0.4, 0.5) is 0 Å². The van der Waals surface area contributed by atoms with Gasteiger partial charge in [0, 0.05) is 25.4 Å². The molecule has 0 saturated heterocycles. The molecule has 0 unspecified atom stereocenters. The van der Waals surface area contributed by atoms with Gasteiger partial charge >= 0.3 is 0 Å². The summed E-state index contributed by atoms with van der Waals surface area (Å²) in [5, 5.41) is 3.03. The van der Waals surface area contributed by atoms with E-state index >= 15 is 0 Å². The summed E-state index contributed by atoms with van der Waals surface area (Å²) in [6, 6.07) is 0.649. The first-order valence-corrected chi connectivity index (χ1v) is 5.52. The van der Waals surface area contributed by atoms with Crippen molar-refractivity contribution in [1.82, 2.24) is 14.9 Å². The molecule has 1 fully saturated rings. The Kier molecular flexibility index (Phi) is 3.04. The summed E-state index contributed by atoms with van der Waals surface area (Å²) in [6.45, 7) is 1.58. The molecule has 1 aromatic heterocycles. The van der Waals surface area contributed by atoms with E-state index in [1.54, 1.807) is 13.1 Å². The van der Waals surface area contributed by atoms with Gasteiger partial charge in [-0.05, 0) is 12.8 Å². The number of amides is 1. The molecule has 0 spiro atoms. The standard InChI is InChI=1S/C11H17N3O/c1-9(15)13-10-4-2-3-5-11(10)14-7-6-12-8-14/h6-8,10-11H,2-5H2,1H3,(H,13,15)/t10-,11-/m1/s1. The zero-order chi connectivity index (χ0) is 10.7. The molecule has 2 atom stereocenters. The second-order valence-electron chi connectivity index (χ2n) is 4.17. The minimum atomic E-state index is 0.0621. The van der Waals surface area contributed by atoms with Crippen LogP contribution in [0.15, 0.2) is 18.7 Å². The van der Waals surface area contributed by atoms with E-state index < -0.39 is 0 Å². The molecular weight excluding hydrogens is 190 g/mol. The van der Waals surface area contributed by atoms with Crippen LogP contribution in [0.2, 0.25) is 0 Å². The monoisotopic (exact) mass is 207 g/mol. The molecule has 1 amide bonds. The Morgan fingerprint density at radius 2 is 2.27 bits per heavy atom. The second-order valence-corrected chi connectivity index (χ2v) is 4.17. The van der Waals surface area contributed by atoms with E-state index in [0.29, 0.717) is 6.04 Å². The fraction of sp³-hybridized carbons (Fsp3) is 0.636. The second kappa shape index (κ2) is 4.47. The van der Waals surface area contributed by atoms with Crippen LogP contribution in [0.3, 0.4) is 0 Å². The van der Waals surface area contributed by atoms with E-state index in [1.807, 2.05) is 12.5 Å². The van der Waals surface area contributed by atoms with Gasteiger partial charge in [-0.15, -0.1) is 0 Å². The lowest BCUT2D eigenvalue weighted by atomic mass is 9.90. The number of hydrogen-bond acceptors (Lipinski definition) is 2. The molecular formula is C11H17N3O. The minimum Gasteiger partial charge on any atom is -0.352 e. The van der Waals surface area contributed by atoms with Crippen molar-refractivity contribution in [2.45, 2.75) is 44.7 Å². The first-order chi connectivity index (χ1) is 7.27. The third kappa shape index (κ3) is 2.37. The van der Waals surface area contributed by atoms with Gasteiger partial charge in [-0.3, -0.25) is 4.79 Å². The first-order valence-electron chi connectivity index (χ1n) is 5.52. The third-order valence-corrected chi connectivity index (χ3v) is 3.03. The molecule has 4 nitrogen and oxygen atoms in total. The number of carbonyl (C=O) groups excluding carboxylic acids is 1. The Morgan fingerprint density at radius 1 is 1.47 bits per heavy atom. The zero-order valence-electron chi connectivity index (χ0n) is 9.02. The van der Waals surface area contributed by atoms with Gasteiger partial charge in [0.2, 0.25) is 5.91 Å². The average molecular weight is 207 g/mol. The maximum Gasteiger partial charge on any atom is 0.217 e. The number of carbonyl (C=O) groups is 1. The van der Waals surface area contributed by atoms with Gasteiger partial charge < -0.3 is 9.88 Å². The molecule has 15 heavy (non-hydrogen) atoms. The molecule has 2 rings (SSSR count). The topological polar surface area (TPSA) is 46.9 Å². The van der Waals surface area contributed by atoms with Crippen LogP contribution in [0, 0.1) is 0 Å². The lowest BCUT2D eigenvalue weighted by Gasteiger charge is -2.32. The number of nitrogens with zero attached hydrogens (tertiary/aromatic N) is 2. The normalized spacial score (nSPS) is 26.2. The van der Waals surface area contributed by atoms with Crippen LogP contribution in [-0.2, 0) is 4.79 Å². The number of aromatic nitrogens is 2. The van der Waals surface area contributed by atoms with E-state index in [1.165, 1.54) is 12.8 Å². The molecule has 0 bridgehead atoms. The van der Waals surface area contributed by atoms with Gasteiger partial charge in [-0.2, -0.15) is 0 Å². The third-order valence-electron chi connectivity index (χ3n) is 3.03. The molecule has 4 heteroatoms. The summed E-state index contributed by atoms with van der Waals surface area (Å²) in [5.41, 5.74) is 0. The fourth-order valence-corrected chi connectivity index (χ4v) is 2.36. The number of nitrogens with one attached hydrogen (secondary N) is 1. The molecule has 1 aliphatic carbocycles. The van der Waals surface area contributed by atoms with Crippen LogP contribution in [0.5, 0.6) is 0 Å². The molecule has 1 aliphatic rings. The Labute approximate surface area is 89.7 Å². The van der Waals surface area contributed by atoms with Gasteiger partial charge in [0.25, 0.3) is 0 Å². The van der Waals surface area contributed by atoms with Gasteiger partial charge in [0.1, 0.15) is 0 Å². The minimum absolute atomic E-state index is 0.0621.